The minimum absolute atomic E-state index is 0.283. The number of hydrogen-bond donors (Lipinski definition) is 2. The van der Waals surface area contributed by atoms with Crippen LogP contribution in [-0.2, 0) is 0 Å². The SMILES string of the molecule is COc1cc(NC(=O)c2cnsn2)ccc1N. The Kier molecular flexibility index (Phi) is 3.20. The van der Waals surface area contributed by atoms with E-state index in [0.717, 1.165) is 11.7 Å². The van der Waals surface area contributed by atoms with E-state index in [1.807, 2.05) is 0 Å². The van der Waals surface area contributed by atoms with Gasteiger partial charge in [-0.2, -0.15) is 8.75 Å². The number of nitrogen functional groups attached to an aromatic ring is 1. The summed E-state index contributed by atoms with van der Waals surface area (Å²) in [6, 6.07) is 5.00. The molecule has 0 radical (unpaired) electrons. The van der Waals surface area contributed by atoms with Crippen molar-refractivity contribution in [3.63, 3.8) is 0 Å². The zero-order valence-corrected chi connectivity index (χ0v) is 9.82. The van der Waals surface area contributed by atoms with E-state index in [1.165, 1.54) is 13.3 Å². The first-order valence-electron chi connectivity index (χ1n) is 4.73. The van der Waals surface area contributed by atoms with Crippen molar-refractivity contribution in [1.29, 1.82) is 0 Å². The molecule has 2 rings (SSSR count). The summed E-state index contributed by atoms with van der Waals surface area (Å²) in [5.74, 6) is 0.199. The first-order chi connectivity index (χ1) is 8.20. The van der Waals surface area contributed by atoms with Gasteiger partial charge in [-0.25, -0.2) is 0 Å². The molecule has 1 aromatic carbocycles. The van der Waals surface area contributed by atoms with E-state index < -0.39 is 0 Å². The van der Waals surface area contributed by atoms with Crippen molar-refractivity contribution >= 4 is 29.0 Å². The molecule has 1 amide bonds. The lowest BCUT2D eigenvalue weighted by molar-refractivity contribution is 0.102. The highest BCUT2D eigenvalue weighted by molar-refractivity contribution is 6.99. The van der Waals surface area contributed by atoms with Gasteiger partial charge in [0.1, 0.15) is 5.75 Å². The van der Waals surface area contributed by atoms with Crippen LogP contribution in [0.25, 0.3) is 0 Å². The summed E-state index contributed by atoms with van der Waals surface area (Å²) in [5, 5.41) is 2.68. The minimum atomic E-state index is -0.314. The van der Waals surface area contributed by atoms with Crippen LogP contribution in [0.3, 0.4) is 0 Å². The van der Waals surface area contributed by atoms with Crippen molar-refractivity contribution in [2.45, 2.75) is 0 Å². The van der Waals surface area contributed by atoms with E-state index in [1.54, 1.807) is 18.2 Å². The smallest absolute Gasteiger partial charge is 0.277 e. The Hall–Kier alpha value is -2.15. The van der Waals surface area contributed by atoms with Crippen LogP contribution >= 0.6 is 11.7 Å². The number of nitrogens with one attached hydrogen (secondary N) is 1. The zero-order valence-electron chi connectivity index (χ0n) is 9.01. The van der Waals surface area contributed by atoms with Gasteiger partial charge in [0.25, 0.3) is 5.91 Å². The average molecular weight is 250 g/mol. The number of rotatable bonds is 3. The highest BCUT2D eigenvalue weighted by Gasteiger charge is 2.10. The van der Waals surface area contributed by atoms with Gasteiger partial charge in [0.15, 0.2) is 5.69 Å². The lowest BCUT2D eigenvalue weighted by Crippen LogP contribution is -2.12. The Morgan fingerprint density at radius 3 is 3.00 bits per heavy atom. The number of nitrogens with zero attached hydrogens (tertiary/aromatic N) is 2. The Morgan fingerprint density at radius 2 is 2.35 bits per heavy atom. The largest absolute Gasteiger partial charge is 0.495 e. The van der Waals surface area contributed by atoms with Crippen molar-refractivity contribution in [2.24, 2.45) is 0 Å². The summed E-state index contributed by atoms with van der Waals surface area (Å²) in [6.07, 6.45) is 1.41. The summed E-state index contributed by atoms with van der Waals surface area (Å²) in [5.41, 5.74) is 7.06. The van der Waals surface area contributed by atoms with Crippen LogP contribution in [0.2, 0.25) is 0 Å². The monoisotopic (exact) mass is 250 g/mol. The third-order valence-corrected chi connectivity index (χ3v) is 2.56. The summed E-state index contributed by atoms with van der Waals surface area (Å²) in [7, 11) is 1.52. The molecule has 2 aromatic rings. The molecule has 1 heterocycles. The van der Waals surface area contributed by atoms with E-state index in [4.69, 9.17) is 10.5 Å². The standard InChI is InChI=1S/C10H10N4O2S/c1-16-9-4-6(2-3-7(9)11)13-10(15)8-5-12-17-14-8/h2-5H,11H2,1H3,(H,13,15). The highest BCUT2D eigenvalue weighted by Crippen LogP contribution is 2.25. The van der Waals surface area contributed by atoms with Crippen molar-refractivity contribution in [3.8, 4) is 5.75 Å². The van der Waals surface area contributed by atoms with Crippen molar-refractivity contribution in [2.75, 3.05) is 18.2 Å². The molecule has 0 aliphatic heterocycles. The number of ether oxygens (including phenoxy) is 1. The number of aromatic nitrogens is 2. The van der Waals surface area contributed by atoms with Gasteiger partial charge >= 0.3 is 0 Å². The van der Waals surface area contributed by atoms with Gasteiger partial charge in [0.05, 0.1) is 30.7 Å². The van der Waals surface area contributed by atoms with Crippen LogP contribution in [0.5, 0.6) is 5.75 Å². The summed E-state index contributed by atoms with van der Waals surface area (Å²) >= 11 is 0.983. The van der Waals surface area contributed by atoms with Crippen LogP contribution in [0.4, 0.5) is 11.4 Å². The van der Waals surface area contributed by atoms with Crippen LogP contribution < -0.4 is 15.8 Å². The second kappa shape index (κ2) is 4.79. The van der Waals surface area contributed by atoms with Gasteiger partial charge < -0.3 is 15.8 Å². The quantitative estimate of drug-likeness (QED) is 0.803. The number of carbonyl (C=O) groups excluding carboxylic acids is 1. The number of nitrogens with two attached hydrogens (primary N) is 1. The average Bonchev–Trinajstić information content (AvgIpc) is 2.85. The number of amides is 1. The molecule has 0 aliphatic rings. The molecule has 3 N–H and O–H groups in total. The lowest BCUT2D eigenvalue weighted by atomic mass is 10.2. The third kappa shape index (κ3) is 2.51. The lowest BCUT2D eigenvalue weighted by Gasteiger charge is -2.07. The summed E-state index contributed by atoms with van der Waals surface area (Å²) < 4.78 is 12.6. The van der Waals surface area contributed by atoms with E-state index in [2.05, 4.69) is 14.1 Å². The number of benzene rings is 1. The van der Waals surface area contributed by atoms with Gasteiger partial charge in [0.2, 0.25) is 0 Å². The van der Waals surface area contributed by atoms with Crippen LogP contribution in [0.15, 0.2) is 24.4 Å². The Bertz CT molecular complexity index is 527. The molecular formula is C10H10N4O2S. The number of anilines is 2. The molecule has 0 saturated carbocycles. The first kappa shape index (κ1) is 11.3. The first-order valence-corrected chi connectivity index (χ1v) is 5.46. The molecule has 0 saturated heterocycles. The molecular weight excluding hydrogens is 240 g/mol. The molecule has 0 bridgehead atoms. The Morgan fingerprint density at radius 1 is 1.53 bits per heavy atom. The van der Waals surface area contributed by atoms with Gasteiger partial charge in [-0.1, -0.05) is 0 Å². The van der Waals surface area contributed by atoms with Gasteiger partial charge in [-0.15, -0.1) is 0 Å². The maximum Gasteiger partial charge on any atom is 0.277 e. The Balaban J connectivity index is 2.16. The predicted octanol–water partition coefficient (Wildman–Crippen LogP) is 1.38. The topological polar surface area (TPSA) is 90.1 Å². The molecule has 0 aliphatic carbocycles. The maximum absolute atomic E-state index is 11.7. The van der Waals surface area contributed by atoms with Gasteiger partial charge in [-0.3, -0.25) is 4.79 Å². The van der Waals surface area contributed by atoms with E-state index in [9.17, 15) is 4.79 Å². The van der Waals surface area contributed by atoms with Crippen LogP contribution in [0.1, 0.15) is 10.5 Å². The van der Waals surface area contributed by atoms with Gasteiger partial charge in [-0.05, 0) is 12.1 Å². The molecule has 0 unspecified atom stereocenters. The summed E-state index contributed by atoms with van der Waals surface area (Å²) in [6.45, 7) is 0. The molecule has 0 fully saturated rings. The Labute approximate surface area is 102 Å². The van der Waals surface area contributed by atoms with E-state index in [0.29, 0.717) is 17.1 Å². The predicted molar refractivity (Wildman–Crippen MR) is 65.3 cm³/mol. The fraction of sp³-hybridized carbons (Fsp3) is 0.100. The minimum Gasteiger partial charge on any atom is -0.495 e. The third-order valence-electron chi connectivity index (χ3n) is 2.09. The van der Waals surface area contributed by atoms with Crippen molar-refractivity contribution in [1.82, 2.24) is 8.75 Å². The fourth-order valence-corrected chi connectivity index (χ4v) is 1.66. The molecule has 1 aromatic heterocycles. The van der Waals surface area contributed by atoms with E-state index >= 15 is 0 Å². The van der Waals surface area contributed by atoms with Gasteiger partial charge in [0, 0.05) is 11.8 Å². The molecule has 0 spiro atoms. The number of hydrogen-bond acceptors (Lipinski definition) is 6. The van der Waals surface area contributed by atoms with Crippen molar-refractivity contribution < 1.29 is 9.53 Å². The van der Waals surface area contributed by atoms with Crippen molar-refractivity contribution in [3.05, 3.63) is 30.1 Å². The number of methoxy groups -OCH3 is 1. The highest BCUT2D eigenvalue weighted by atomic mass is 32.1. The normalized spacial score (nSPS) is 9.94. The molecule has 0 atom stereocenters. The molecule has 88 valence electrons. The maximum atomic E-state index is 11.7. The van der Waals surface area contributed by atoms with Crippen LogP contribution in [-0.4, -0.2) is 21.8 Å². The molecule has 6 nitrogen and oxygen atoms in total. The number of carbonyl (C=O) groups is 1. The summed E-state index contributed by atoms with van der Waals surface area (Å²) in [4.78, 5) is 11.7. The zero-order chi connectivity index (χ0) is 12.3. The fourth-order valence-electron chi connectivity index (χ4n) is 1.25. The van der Waals surface area contributed by atoms with Crippen LogP contribution in [0, 0.1) is 0 Å². The second-order valence-corrected chi connectivity index (χ2v) is 3.76. The molecule has 7 heteroatoms. The van der Waals surface area contributed by atoms with E-state index in [-0.39, 0.29) is 11.6 Å². The second-order valence-electron chi connectivity index (χ2n) is 3.20. The molecule has 17 heavy (non-hydrogen) atoms.